The number of pyridine rings is 1. The summed E-state index contributed by atoms with van der Waals surface area (Å²) in [5.74, 6) is -0.147. The molecule has 5 heteroatoms. The van der Waals surface area contributed by atoms with Gasteiger partial charge >= 0.3 is 0 Å². The minimum absolute atomic E-state index is 0. The highest BCUT2D eigenvalue weighted by molar-refractivity contribution is 9.10. The Morgan fingerprint density at radius 3 is 2.75 bits per heavy atom. The van der Waals surface area contributed by atoms with Crippen LogP contribution in [-0.2, 0) is 0 Å². The zero-order valence-electron chi connectivity index (χ0n) is 6.16. The summed E-state index contributed by atoms with van der Waals surface area (Å²) in [6.07, 6.45) is 0. The molecule has 0 aliphatic rings. The molecule has 0 amide bonds. The van der Waals surface area contributed by atoms with Crippen molar-refractivity contribution >= 4 is 34.1 Å². The number of carbonyl (C=O) groups excluding carboxylic acids is 1. The van der Waals surface area contributed by atoms with E-state index in [0.29, 0.717) is 10.3 Å². The topological polar surface area (TPSA) is 56.0 Å². The molecule has 1 aromatic heterocycles. The number of Topliss-reactive ketones (excluding diaryl/α,β-unsaturated/α-hetero) is 1. The van der Waals surface area contributed by atoms with E-state index in [9.17, 15) is 4.79 Å². The molecule has 2 N–H and O–H groups in total. The molecular weight excluding hydrogens is 243 g/mol. The Bertz CT molecular complexity index is 280. The van der Waals surface area contributed by atoms with Crippen LogP contribution in [0.25, 0.3) is 0 Å². The first-order valence-electron chi connectivity index (χ1n) is 3.10. The molecule has 0 radical (unpaired) electrons. The lowest BCUT2D eigenvalue weighted by Gasteiger charge is -1.95. The zero-order valence-corrected chi connectivity index (χ0v) is 8.56. The van der Waals surface area contributed by atoms with E-state index in [1.165, 1.54) is 0 Å². The maximum atomic E-state index is 11.0. The molecule has 0 spiro atoms. The van der Waals surface area contributed by atoms with Crippen molar-refractivity contribution in [2.24, 2.45) is 5.73 Å². The van der Waals surface area contributed by atoms with Crippen LogP contribution in [0.5, 0.6) is 0 Å². The number of rotatable bonds is 2. The fourth-order valence-corrected chi connectivity index (χ4v) is 1.01. The van der Waals surface area contributed by atoms with E-state index in [1.54, 1.807) is 18.2 Å². The lowest BCUT2D eigenvalue weighted by molar-refractivity contribution is 0.0996. The molecule has 66 valence electrons. The number of nitrogens with two attached hydrogens (primary N) is 1. The summed E-state index contributed by atoms with van der Waals surface area (Å²) in [5, 5.41) is 0. The summed E-state index contributed by atoms with van der Waals surface area (Å²) in [6, 6.07) is 5.15. The molecule has 0 aliphatic carbocycles. The second-order valence-corrected chi connectivity index (χ2v) is 2.79. The Kier molecular flexibility index (Phi) is 5.04. The van der Waals surface area contributed by atoms with Crippen molar-refractivity contribution in [3.8, 4) is 0 Å². The average Bonchev–Trinajstić information content (AvgIpc) is 2.03. The van der Waals surface area contributed by atoms with Gasteiger partial charge in [0, 0.05) is 0 Å². The number of carbonyl (C=O) groups is 1. The van der Waals surface area contributed by atoms with Gasteiger partial charge in [0.05, 0.1) is 6.54 Å². The van der Waals surface area contributed by atoms with E-state index in [0.717, 1.165) is 0 Å². The fourth-order valence-electron chi connectivity index (χ4n) is 0.668. The summed E-state index contributed by atoms with van der Waals surface area (Å²) < 4.78 is 0.650. The van der Waals surface area contributed by atoms with Crippen molar-refractivity contribution in [3.63, 3.8) is 0 Å². The van der Waals surface area contributed by atoms with Gasteiger partial charge in [0.2, 0.25) is 0 Å². The largest absolute Gasteiger partial charge is 0.324 e. The lowest BCUT2D eigenvalue weighted by atomic mass is 10.2. The van der Waals surface area contributed by atoms with Gasteiger partial charge in [0.1, 0.15) is 10.3 Å². The number of hydrogen-bond donors (Lipinski definition) is 1. The van der Waals surface area contributed by atoms with E-state index >= 15 is 0 Å². The Labute approximate surface area is 84.9 Å². The van der Waals surface area contributed by atoms with E-state index < -0.39 is 0 Å². The van der Waals surface area contributed by atoms with Crippen molar-refractivity contribution in [2.75, 3.05) is 6.54 Å². The molecule has 0 aromatic carbocycles. The average molecular weight is 252 g/mol. The van der Waals surface area contributed by atoms with Gasteiger partial charge in [-0.25, -0.2) is 4.98 Å². The Morgan fingerprint density at radius 2 is 2.25 bits per heavy atom. The molecule has 1 aromatic rings. The number of nitrogens with zero attached hydrogens (tertiary/aromatic N) is 1. The van der Waals surface area contributed by atoms with Crippen molar-refractivity contribution in [1.82, 2.24) is 4.98 Å². The number of ketones is 1. The van der Waals surface area contributed by atoms with Crippen molar-refractivity contribution in [1.29, 1.82) is 0 Å². The van der Waals surface area contributed by atoms with Crippen LogP contribution in [0, 0.1) is 0 Å². The SMILES string of the molecule is Cl.NCC(=O)c1cccc(Br)n1. The zero-order chi connectivity index (χ0) is 8.27. The Hall–Kier alpha value is -0.450. The van der Waals surface area contributed by atoms with Gasteiger partial charge in [-0.05, 0) is 28.1 Å². The standard InChI is InChI=1S/C7H7BrN2O.ClH/c8-7-3-1-2-5(10-7)6(11)4-9;/h1-3H,4,9H2;1H. The van der Waals surface area contributed by atoms with E-state index in [4.69, 9.17) is 5.73 Å². The number of aromatic nitrogens is 1. The first kappa shape index (κ1) is 11.6. The van der Waals surface area contributed by atoms with Crippen molar-refractivity contribution < 1.29 is 4.79 Å². The third-order valence-electron chi connectivity index (χ3n) is 1.19. The minimum atomic E-state index is -0.147. The quantitative estimate of drug-likeness (QED) is 0.639. The molecule has 12 heavy (non-hydrogen) atoms. The predicted molar refractivity (Wildman–Crippen MR) is 52.6 cm³/mol. The van der Waals surface area contributed by atoms with E-state index in [1.807, 2.05) is 0 Å². The first-order valence-corrected chi connectivity index (χ1v) is 3.89. The van der Waals surface area contributed by atoms with Gasteiger partial charge in [-0.3, -0.25) is 4.79 Å². The lowest BCUT2D eigenvalue weighted by Crippen LogP contribution is -2.14. The highest BCUT2D eigenvalue weighted by Crippen LogP contribution is 2.05. The van der Waals surface area contributed by atoms with Gasteiger partial charge in [-0.2, -0.15) is 0 Å². The van der Waals surface area contributed by atoms with Crippen LogP contribution in [0.2, 0.25) is 0 Å². The molecule has 0 saturated carbocycles. The summed E-state index contributed by atoms with van der Waals surface area (Å²) in [4.78, 5) is 14.9. The summed E-state index contributed by atoms with van der Waals surface area (Å²) in [6.45, 7) is 0.00343. The minimum Gasteiger partial charge on any atom is -0.324 e. The van der Waals surface area contributed by atoms with Crippen LogP contribution in [-0.4, -0.2) is 17.3 Å². The summed E-state index contributed by atoms with van der Waals surface area (Å²) in [7, 11) is 0. The molecule has 0 fully saturated rings. The second-order valence-electron chi connectivity index (χ2n) is 1.97. The number of hydrogen-bond acceptors (Lipinski definition) is 3. The molecule has 0 bridgehead atoms. The van der Waals surface area contributed by atoms with Crippen LogP contribution in [0.3, 0.4) is 0 Å². The van der Waals surface area contributed by atoms with E-state index in [2.05, 4.69) is 20.9 Å². The number of halogens is 2. The Morgan fingerprint density at radius 1 is 1.58 bits per heavy atom. The summed E-state index contributed by atoms with van der Waals surface area (Å²) >= 11 is 3.16. The summed E-state index contributed by atoms with van der Waals surface area (Å²) in [5.41, 5.74) is 5.55. The smallest absolute Gasteiger partial charge is 0.194 e. The Balaban J connectivity index is 0.00000121. The van der Waals surface area contributed by atoms with Crippen LogP contribution in [0.15, 0.2) is 22.8 Å². The van der Waals surface area contributed by atoms with Gasteiger partial charge < -0.3 is 5.73 Å². The molecule has 1 heterocycles. The van der Waals surface area contributed by atoms with Gasteiger partial charge in [-0.15, -0.1) is 12.4 Å². The normalized spacial score (nSPS) is 8.83. The first-order chi connectivity index (χ1) is 5.24. The molecule has 0 aliphatic heterocycles. The highest BCUT2D eigenvalue weighted by Gasteiger charge is 2.03. The molecule has 0 saturated heterocycles. The van der Waals surface area contributed by atoms with Crippen LogP contribution in [0.4, 0.5) is 0 Å². The highest BCUT2D eigenvalue weighted by atomic mass is 79.9. The third kappa shape index (κ3) is 2.89. The fraction of sp³-hybridized carbons (Fsp3) is 0.143. The van der Waals surface area contributed by atoms with Gasteiger partial charge in [-0.1, -0.05) is 6.07 Å². The molecule has 0 unspecified atom stereocenters. The third-order valence-corrected chi connectivity index (χ3v) is 1.63. The van der Waals surface area contributed by atoms with Crippen molar-refractivity contribution in [3.05, 3.63) is 28.5 Å². The van der Waals surface area contributed by atoms with Gasteiger partial charge in [0.25, 0.3) is 0 Å². The van der Waals surface area contributed by atoms with Crippen molar-refractivity contribution in [2.45, 2.75) is 0 Å². The molecule has 0 atom stereocenters. The maximum absolute atomic E-state index is 11.0. The second kappa shape index (κ2) is 5.24. The molecule has 1 rings (SSSR count). The van der Waals surface area contributed by atoms with Crippen LogP contribution in [0.1, 0.15) is 10.5 Å². The van der Waals surface area contributed by atoms with Crippen LogP contribution >= 0.6 is 28.3 Å². The monoisotopic (exact) mass is 250 g/mol. The van der Waals surface area contributed by atoms with E-state index in [-0.39, 0.29) is 24.7 Å². The molecule has 3 nitrogen and oxygen atoms in total. The predicted octanol–water partition coefficient (Wildman–Crippen LogP) is 1.41. The van der Waals surface area contributed by atoms with Crippen LogP contribution < -0.4 is 5.73 Å². The van der Waals surface area contributed by atoms with Gasteiger partial charge in [0.15, 0.2) is 5.78 Å². The molecular formula is C7H8BrClN2O. The maximum Gasteiger partial charge on any atom is 0.194 e.